The van der Waals surface area contributed by atoms with Gasteiger partial charge in [0.15, 0.2) is 0 Å². The fourth-order valence-corrected chi connectivity index (χ4v) is 2.29. The molecule has 76 valence electrons. The maximum Gasteiger partial charge on any atom is 0.123 e. The molecule has 13 heavy (non-hydrogen) atoms. The lowest BCUT2D eigenvalue weighted by Gasteiger charge is -2.20. The van der Waals surface area contributed by atoms with E-state index in [1.807, 2.05) is 0 Å². The monoisotopic (exact) mass is 184 g/mol. The van der Waals surface area contributed by atoms with Gasteiger partial charge in [-0.05, 0) is 25.2 Å². The van der Waals surface area contributed by atoms with Gasteiger partial charge in [0.1, 0.15) is 6.29 Å². The smallest absolute Gasteiger partial charge is 0.123 e. The van der Waals surface area contributed by atoms with Crippen LogP contribution in [-0.4, -0.2) is 17.5 Å². The minimum Gasteiger partial charge on any atom is -0.393 e. The van der Waals surface area contributed by atoms with Gasteiger partial charge in [0.05, 0.1) is 6.10 Å². The molecule has 3 unspecified atom stereocenters. The Morgan fingerprint density at radius 2 is 2.31 bits per heavy atom. The van der Waals surface area contributed by atoms with Crippen molar-refractivity contribution >= 4 is 6.29 Å². The summed E-state index contributed by atoms with van der Waals surface area (Å²) in [4.78, 5) is 10.7. The topological polar surface area (TPSA) is 37.3 Å². The van der Waals surface area contributed by atoms with E-state index in [2.05, 4.69) is 6.92 Å². The first-order chi connectivity index (χ1) is 6.29. The van der Waals surface area contributed by atoms with Crippen LogP contribution in [0.2, 0.25) is 0 Å². The highest BCUT2D eigenvalue weighted by atomic mass is 16.3. The van der Waals surface area contributed by atoms with Crippen LogP contribution in [0.4, 0.5) is 0 Å². The molecular formula is C11H20O2. The fraction of sp³-hybridized carbons (Fsp3) is 0.909. The summed E-state index contributed by atoms with van der Waals surface area (Å²) in [5.74, 6) is 0.385. The van der Waals surface area contributed by atoms with Crippen molar-refractivity contribution < 1.29 is 9.90 Å². The fourth-order valence-electron chi connectivity index (χ4n) is 2.29. The molecule has 0 aromatic heterocycles. The number of aliphatic hydroxyl groups is 1. The van der Waals surface area contributed by atoms with Gasteiger partial charge in [-0.3, -0.25) is 0 Å². The zero-order chi connectivity index (χ0) is 9.68. The summed E-state index contributed by atoms with van der Waals surface area (Å²) < 4.78 is 0. The highest BCUT2D eigenvalue weighted by molar-refractivity contribution is 5.54. The molecule has 1 aliphatic carbocycles. The zero-order valence-corrected chi connectivity index (χ0v) is 8.41. The van der Waals surface area contributed by atoms with Gasteiger partial charge in [0.2, 0.25) is 0 Å². The Bertz CT molecular complexity index is 156. The van der Waals surface area contributed by atoms with Gasteiger partial charge in [0, 0.05) is 5.92 Å². The molecule has 1 rings (SSSR count). The summed E-state index contributed by atoms with van der Waals surface area (Å²) in [6.45, 7) is 2.12. The van der Waals surface area contributed by atoms with Crippen molar-refractivity contribution in [2.75, 3.05) is 0 Å². The zero-order valence-electron chi connectivity index (χ0n) is 8.41. The molecule has 0 aromatic carbocycles. The summed E-state index contributed by atoms with van der Waals surface area (Å²) in [7, 11) is 0. The van der Waals surface area contributed by atoms with Crippen LogP contribution >= 0.6 is 0 Å². The van der Waals surface area contributed by atoms with Gasteiger partial charge in [-0.15, -0.1) is 0 Å². The number of unbranched alkanes of at least 4 members (excludes halogenated alkanes) is 1. The average molecular weight is 184 g/mol. The Kier molecular flexibility index (Phi) is 4.43. The Hall–Kier alpha value is -0.370. The molecule has 1 saturated carbocycles. The first-order valence-corrected chi connectivity index (χ1v) is 5.43. The predicted molar refractivity (Wildman–Crippen MR) is 52.4 cm³/mol. The van der Waals surface area contributed by atoms with Crippen molar-refractivity contribution in [3.05, 3.63) is 0 Å². The molecule has 0 aliphatic heterocycles. The number of rotatable bonds is 5. The summed E-state index contributed by atoms with van der Waals surface area (Å²) in [5, 5.41) is 9.82. The molecular weight excluding hydrogens is 164 g/mol. The van der Waals surface area contributed by atoms with Crippen LogP contribution in [0.25, 0.3) is 0 Å². The SMILES string of the molecule is CCCCC(O)C1CCCC1C=O. The first-order valence-electron chi connectivity index (χ1n) is 5.43. The van der Waals surface area contributed by atoms with E-state index < -0.39 is 0 Å². The Morgan fingerprint density at radius 3 is 2.92 bits per heavy atom. The average Bonchev–Trinajstić information content (AvgIpc) is 2.61. The number of aldehydes is 1. The number of carbonyl (C=O) groups is 1. The van der Waals surface area contributed by atoms with E-state index in [0.717, 1.165) is 44.8 Å². The third-order valence-electron chi connectivity index (χ3n) is 3.15. The van der Waals surface area contributed by atoms with Crippen LogP contribution in [0.15, 0.2) is 0 Å². The van der Waals surface area contributed by atoms with Gasteiger partial charge < -0.3 is 9.90 Å². The lowest BCUT2D eigenvalue weighted by atomic mass is 9.89. The molecule has 0 heterocycles. The van der Waals surface area contributed by atoms with E-state index >= 15 is 0 Å². The molecule has 0 saturated heterocycles. The van der Waals surface area contributed by atoms with Crippen molar-refractivity contribution in [1.29, 1.82) is 0 Å². The normalized spacial score (nSPS) is 30.3. The number of carbonyl (C=O) groups excluding carboxylic acids is 1. The van der Waals surface area contributed by atoms with E-state index in [9.17, 15) is 9.90 Å². The molecule has 1 aliphatic rings. The van der Waals surface area contributed by atoms with Gasteiger partial charge in [0.25, 0.3) is 0 Å². The highest BCUT2D eigenvalue weighted by Crippen LogP contribution is 2.34. The summed E-state index contributed by atoms with van der Waals surface area (Å²) in [5.41, 5.74) is 0. The third kappa shape index (κ3) is 2.80. The van der Waals surface area contributed by atoms with Crippen LogP contribution in [0.3, 0.4) is 0 Å². The molecule has 0 aromatic rings. The molecule has 0 radical (unpaired) electrons. The first kappa shape index (κ1) is 10.7. The van der Waals surface area contributed by atoms with Crippen molar-refractivity contribution in [2.45, 2.75) is 51.6 Å². The molecule has 0 amide bonds. The van der Waals surface area contributed by atoms with Crippen molar-refractivity contribution in [2.24, 2.45) is 11.8 Å². The van der Waals surface area contributed by atoms with Crippen LogP contribution in [0.1, 0.15) is 45.4 Å². The highest BCUT2D eigenvalue weighted by Gasteiger charge is 2.31. The molecule has 2 nitrogen and oxygen atoms in total. The van der Waals surface area contributed by atoms with Crippen molar-refractivity contribution in [3.8, 4) is 0 Å². The summed E-state index contributed by atoms with van der Waals surface area (Å²) >= 11 is 0. The molecule has 1 N–H and O–H groups in total. The quantitative estimate of drug-likeness (QED) is 0.665. The Labute approximate surface area is 80.3 Å². The van der Waals surface area contributed by atoms with Crippen molar-refractivity contribution in [3.63, 3.8) is 0 Å². The van der Waals surface area contributed by atoms with E-state index in [0.29, 0.717) is 0 Å². The van der Waals surface area contributed by atoms with Crippen LogP contribution in [0, 0.1) is 11.8 Å². The van der Waals surface area contributed by atoms with Crippen LogP contribution in [-0.2, 0) is 4.79 Å². The third-order valence-corrected chi connectivity index (χ3v) is 3.15. The van der Waals surface area contributed by atoms with Gasteiger partial charge in [-0.2, -0.15) is 0 Å². The Morgan fingerprint density at radius 1 is 1.54 bits per heavy atom. The summed E-state index contributed by atoms with van der Waals surface area (Å²) in [6.07, 6.45) is 6.98. The number of hydrogen-bond donors (Lipinski definition) is 1. The van der Waals surface area contributed by atoms with Gasteiger partial charge in [-0.25, -0.2) is 0 Å². The van der Waals surface area contributed by atoms with E-state index in [4.69, 9.17) is 0 Å². The standard InChI is InChI=1S/C11H20O2/c1-2-3-7-11(13)10-6-4-5-9(10)8-12/h8-11,13H,2-7H2,1H3. The van der Waals surface area contributed by atoms with Crippen LogP contribution in [0.5, 0.6) is 0 Å². The number of aliphatic hydroxyl groups excluding tert-OH is 1. The van der Waals surface area contributed by atoms with E-state index in [1.165, 1.54) is 0 Å². The van der Waals surface area contributed by atoms with E-state index in [1.54, 1.807) is 0 Å². The van der Waals surface area contributed by atoms with Gasteiger partial charge >= 0.3 is 0 Å². The maximum atomic E-state index is 10.7. The summed E-state index contributed by atoms with van der Waals surface area (Å²) in [6, 6.07) is 0. The van der Waals surface area contributed by atoms with Crippen LogP contribution < -0.4 is 0 Å². The molecule has 2 heteroatoms. The molecule has 3 atom stereocenters. The minimum atomic E-state index is -0.238. The van der Waals surface area contributed by atoms with Gasteiger partial charge in [-0.1, -0.05) is 26.2 Å². The Balaban J connectivity index is 2.35. The molecule has 1 fully saturated rings. The number of hydrogen-bond acceptors (Lipinski definition) is 2. The second kappa shape index (κ2) is 5.38. The largest absolute Gasteiger partial charge is 0.393 e. The van der Waals surface area contributed by atoms with E-state index in [-0.39, 0.29) is 17.9 Å². The van der Waals surface area contributed by atoms with Crippen molar-refractivity contribution in [1.82, 2.24) is 0 Å². The minimum absolute atomic E-state index is 0.131. The second-order valence-corrected chi connectivity index (χ2v) is 4.10. The predicted octanol–water partition coefficient (Wildman–Crippen LogP) is 2.15. The maximum absolute atomic E-state index is 10.7. The molecule has 0 bridgehead atoms. The lowest BCUT2D eigenvalue weighted by Crippen LogP contribution is -2.24. The molecule has 0 spiro atoms. The second-order valence-electron chi connectivity index (χ2n) is 4.10. The lowest BCUT2D eigenvalue weighted by molar-refractivity contribution is -0.113.